The van der Waals surface area contributed by atoms with Crippen LogP contribution in [0.1, 0.15) is 58.3 Å². The number of nitrogens with zero attached hydrogens (tertiary/aromatic N) is 1. The Labute approximate surface area is 201 Å². The van der Waals surface area contributed by atoms with E-state index in [2.05, 4.69) is 22.1 Å². The number of carbonyl (C=O) groups is 4. The summed E-state index contributed by atoms with van der Waals surface area (Å²) in [6.07, 6.45) is 7.97. The van der Waals surface area contributed by atoms with Crippen molar-refractivity contribution in [1.82, 2.24) is 4.90 Å². The van der Waals surface area contributed by atoms with Crippen molar-refractivity contribution in [3.63, 3.8) is 0 Å². The first kappa shape index (κ1) is 27.4. The van der Waals surface area contributed by atoms with Gasteiger partial charge in [-0.25, -0.2) is 0 Å². The van der Waals surface area contributed by atoms with Gasteiger partial charge in [-0.2, -0.15) is 12.6 Å². The van der Waals surface area contributed by atoms with Gasteiger partial charge in [0.05, 0.1) is 33.1 Å². The Morgan fingerprint density at radius 3 is 1.73 bits per heavy atom. The van der Waals surface area contributed by atoms with Gasteiger partial charge >= 0.3 is 17.9 Å². The average Bonchev–Trinajstić information content (AvgIpc) is 2.74. The third-order valence-corrected chi connectivity index (χ3v) is 7.62. The predicted octanol–water partition coefficient (Wildman–Crippen LogP) is 1.87. The Bertz CT molecular complexity index is 676. The second kappa shape index (κ2) is 12.1. The quantitative estimate of drug-likeness (QED) is 0.332. The summed E-state index contributed by atoms with van der Waals surface area (Å²) in [4.78, 5) is 47.2. The van der Waals surface area contributed by atoms with Gasteiger partial charge in [-0.1, -0.05) is 6.92 Å². The minimum atomic E-state index is -1.25. The van der Waals surface area contributed by atoms with Crippen LogP contribution in [-0.2, 0) is 28.7 Å². The first-order valence-electron chi connectivity index (χ1n) is 11.6. The zero-order valence-corrected chi connectivity index (χ0v) is 20.7. The van der Waals surface area contributed by atoms with Crippen molar-refractivity contribution >= 4 is 36.4 Å². The fourth-order valence-corrected chi connectivity index (χ4v) is 6.07. The molecule has 33 heavy (non-hydrogen) atoms. The van der Waals surface area contributed by atoms with Gasteiger partial charge in [-0.15, -0.1) is 0 Å². The summed E-state index contributed by atoms with van der Waals surface area (Å²) < 4.78 is 9.05. The number of carboxylic acid groups (broad SMARTS) is 1. The van der Waals surface area contributed by atoms with Crippen LogP contribution in [-0.4, -0.2) is 71.9 Å². The van der Waals surface area contributed by atoms with E-state index >= 15 is 0 Å². The monoisotopic (exact) mass is 486 g/mol. The molecule has 188 valence electrons. The van der Waals surface area contributed by atoms with E-state index in [1.54, 1.807) is 6.92 Å². The van der Waals surface area contributed by atoms with Gasteiger partial charge in [0, 0.05) is 17.2 Å². The lowest BCUT2D eigenvalue weighted by Crippen LogP contribution is -2.55. The summed E-state index contributed by atoms with van der Waals surface area (Å²) in [7, 11) is 2.33. The largest absolute Gasteiger partial charge is 0.480 e. The molecule has 0 spiro atoms. The number of rotatable bonds is 9. The van der Waals surface area contributed by atoms with E-state index in [1.807, 2.05) is 0 Å². The number of nitrogens with two attached hydrogens (primary N) is 1. The second-order valence-electron chi connectivity index (χ2n) is 9.94. The highest BCUT2D eigenvalue weighted by Crippen LogP contribution is 2.54. The van der Waals surface area contributed by atoms with Crippen molar-refractivity contribution in [2.45, 2.75) is 69.9 Å². The maximum atomic E-state index is 12.3. The van der Waals surface area contributed by atoms with Crippen molar-refractivity contribution in [3.8, 4) is 0 Å². The van der Waals surface area contributed by atoms with E-state index < -0.39 is 42.3 Å². The summed E-state index contributed by atoms with van der Waals surface area (Å²) >= 11 is 4.01. The van der Waals surface area contributed by atoms with Gasteiger partial charge in [-0.3, -0.25) is 19.2 Å². The molecule has 0 saturated heterocycles. The standard InChI is InChI=1S/C13H21NO7S.C10H17N/c1-8(7-22)13(19)14(6-10(15)16)9(4-11(17)20-2)5-12(18)21-3;11-10-4-7-1-8(5-10)3-9(2-7)6-10/h8-9,22H,4-7H2,1-3H3,(H,15,16);7-9H,1-6,11H2/t8-;/m1./s1. The van der Waals surface area contributed by atoms with Crippen LogP contribution in [0.25, 0.3) is 0 Å². The number of amides is 1. The average molecular weight is 487 g/mol. The second-order valence-corrected chi connectivity index (χ2v) is 10.3. The molecule has 4 saturated carbocycles. The normalized spacial score (nSPS) is 27.9. The van der Waals surface area contributed by atoms with E-state index in [1.165, 1.54) is 38.5 Å². The number of aliphatic carboxylic acids is 1. The fraction of sp³-hybridized carbons (Fsp3) is 0.826. The molecule has 4 fully saturated rings. The Balaban J connectivity index is 0.000000283. The van der Waals surface area contributed by atoms with Gasteiger partial charge in [0.2, 0.25) is 5.91 Å². The molecular formula is C23H38N2O7S. The number of ether oxygens (including phenoxy) is 2. The molecule has 4 aliphatic rings. The lowest BCUT2D eigenvalue weighted by molar-refractivity contribution is -0.153. The molecular weight excluding hydrogens is 448 g/mol. The lowest BCUT2D eigenvalue weighted by Gasteiger charge is -2.55. The Morgan fingerprint density at radius 2 is 1.42 bits per heavy atom. The highest BCUT2D eigenvalue weighted by molar-refractivity contribution is 7.80. The third-order valence-electron chi connectivity index (χ3n) is 7.07. The highest BCUT2D eigenvalue weighted by atomic mass is 32.1. The van der Waals surface area contributed by atoms with Crippen LogP contribution in [0.2, 0.25) is 0 Å². The summed E-state index contributed by atoms with van der Waals surface area (Å²) in [5, 5.41) is 8.97. The van der Waals surface area contributed by atoms with E-state index in [0.29, 0.717) is 5.54 Å². The Hall–Kier alpha value is -1.81. The van der Waals surface area contributed by atoms with Gasteiger partial charge in [0.25, 0.3) is 0 Å². The fourth-order valence-electron chi connectivity index (χ4n) is 5.92. The predicted molar refractivity (Wildman–Crippen MR) is 125 cm³/mol. The maximum Gasteiger partial charge on any atom is 0.323 e. The van der Waals surface area contributed by atoms with Gasteiger partial charge < -0.3 is 25.2 Å². The van der Waals surface area contributed by atoms with E-state index in [-0.39, 0.29) is 18.6 Å². The van der Waals surface area contributed by atoms with Crippen LogP contribution in [0, 0.1) is 23.7 Å². The summed E-state index contributed by atoms with van der Waals surface area (Å²) in [6, 6.07) is -0.953. The number of thiol groups is 1. The lowest BCUT2D eigenvalue weighted by atomic mass is 9.53. The third kappa shape index (κ3) is 7.88. The van der Waals surface area contributed by atoms with Crippen LogP contribution in [0.5, 0.6) is 0 Å². The van der Waals surface area contributed by atoms with Crippen molar-refractivity contribution in [1.29, 1.82) is 0 Å². The molecule has 0 aliphatic heterocycles. The molecule has 0 aromatic heterocycles. The van der Waals surface area contributed by atoms with Crippen molar-refractivity contribution < 1.29 is 33.8 Å². The molecule has 1 amide bonds. The summed E-state index contributed by atoms with van der Waals surface area (Å²) in [6.45, 7) is 0.952. The number of methoxy groups -OCH3 is 2. The molecule has 4 bridgehead atoms. The van der Waals surface area contributed by atoms with Crippen LogP contribution < -0.4 is 5.73 Å². The highest BCUT2D eigenvalue weighted by Gasteiger charge is 2.48. The molecule has 0 radical (unpaired) electrons. The minimum absolute atomic E-state index is 0.206. The van der Waals surface area contributed by atoms with Gasteiger partial charge in [0.15, 0.2) is 0 Å². The van der Waals surface area contributed by atoms with Crippen molar-refractivity contribution in [3.05, 3.63) is 0 Å². The molecule has 3 N–H and O–H groups in total. The number of carbonyl (C=O) groups excluding carboxylic acids is 3. The molecule has 9 nitrogen and oxygen atoms in total. The number of carboxylic acids is 1. The number of esters is 2. The smallest absolute Gasteiger partial charge is 0.323 e. The zero-order valence-electron chi connectivity index (χ0n) is 19.8. The van der Waals surface area contributed by atoms with Crippen LogP contribution >= 0.6 is 12.6 Å². The van der Waals surface area contributed by atoms with Crippen molar-refractivity contribution in [2.24, 2.45) is 29.4 Å². The molecule has 0 aromatic carbocycles. The summed E-state index contributed by atoms with van der Waals surface area (Å²) in [5.41, 5.74) is 6.62. The van der Waals surface area contributed by atoms with Crippen LogP contribution in [0.3, 0.4) is 0 Å². The SMILES string of the molecule is COC(=O)CC(CC(=O)OC)N(CC(=O)O)C(=O)[C@H](C)CS.NC12CC3CC(CC(C3)C1)C2. The molecule has 10 heteroatoms. The van der Waals surface area contributed by atoms with Crippen LogP contribution in [0.4, 0.5) is 0 Å². The first-order valence-corrected chi connectivity index (χ1v) is 12.2. The molecule has 0 aromatic rings. The van der Waals surface area contributed by atoms with Crippen molar-refractivity contribution in [2.75, 3.05) is 26.5 Å². The van der Waals surface area contributed by atoms with Gasteiger partial charge in [-0.05, 0) is 56.3 Å². The summed E-state index contributed by atoms with van der Waals surface area (Å²) in [5.74, 6) is -0.358. The Morgan fingerprint density at radius 1 is 1.00 bits per heavy atom. The number of hydrogen-bond donors (Lipinski definition) is 3. The molecule has 4 aliphatic carbocycles. The molecule has 1 atom stereocenters. The Kier molecular flexibility index (Phi) is 10.0. The number of hydrogen-bond acceptors (Lipinski definition) is 8. The van der Waals surface area contributed by atoms with Gasteiger partial charge in [0.1, 0.15) is 6.54 Å². The molecule has 0 heterocycles. The molecule has 0 unspecified atom stereocenters. The first-order chi connectivity index (χ1) is 15.5. The van der Waals surface area contributed by atoms with E-state index in [9.17, 15) is 19.2 Å². The van der Waals surface area contributed by atoms with E-state index in [0.717, 1.165) is 36.9 Å². The minimum Gasteiger partial charge on any atom is -0.480 e. The van der Waals surface area contributed by atoms with E-state index in [4.69, 9.17) is 10.8 Å². The van der Waals surface area contributed by atoms with Crippen LogP contribution in [0.15, 0.2) is 0 Å². The topological polar surface area (TPSA) is 136 Å². The zero-order chi connectivity index (χ0) is 24.8. The maximum absolute atomic E-state index is 12.3. The molecule has 4 rings (SSSR count).